The number of fused-ring (bicyclic) bond motifs is 1. The van der Waals surface area contributed by atoms with Crippen molar-refractivity contribution in [2.75, 3.05) is 24.5 Å². The maximum atomic E-state index is 12.5. The van der Waals surface area contributed by atoms with Crippen molar-refractivity contribution in [3.63, 3.8) is 0 Å². The molecule has 0 unspecified atom stereocenters. The van der Waals surface area contributed by atoms with Crippen molar-refractivity contribution in [1.29, 1.82) is 0 Å². The van der Waals surface area contributed by atoms with Gasteiger partial charge >= 0.3 is 0 Å². The molecule has 2 aromatic carbocycles. The Bertz CT molecular complexity index is 1030. The minimum Gasteiger partial charge on any atom is -0.370 e. The van der Waals surface area contributed by atoms with E-state index in [0.29, 0.717) is 18.7 Å². The van der Waals surface area contributed by atoms with Crippen LogP contribution in [0.1, 0.15) is 25.0 Å². The molecule has 7 nitrogen and oxygen atoms in total. The van der Waals surface area contributed by atoms with Gasteiger partial charge in [0.25, 0.3) is 10.0 Å². The number of nitrogens with one attached hydrogen (secondary N) is 2. The second-order valence-corrected chi connectivity index (χ2v) is 8.56. The zero-order valence-corrected chi connectivity index (χ0v) is 17.7. The third-order valence-electron chi connectivity index (χ3n) is 4.88. The minimum absolute atomic E-state index is 0.183. The van der Waals surface area contributed by atoms with Gasteiger partial charge in [0.05, 0.1) is 4.90 Å². The molecular formula is C21H26N4O3S. The molecule has 8 heteroatoms. The number of aryl methyl sites for hydroxylation is 1. The van der Waals surface area contributed by atoms with Crippen LogP contribution in [-0.4, -0.2) is 45.8 Å². The number of para-hydroxylation sites is 1. The molecule has 0 aromatic heterocycles. The third-order valence-corrected chi connectivity index (χ3v) is 6.28. The number of carbonyl (C=O) groups is 1. The summed E-state index contributed by atoms with van der Waals surface area (Å²) in [4.78, 5) is 19.2. The Morgan fingerprint density at radius 1 is 1.17 bits per heavy atom. The molecule has 29 heavy (non-hydrogen) atoms. The summed E-state index contributed by atoms with van der Waals surface area (Å²) in [6, 6.07) is 14.0. The molecule has 1 aliphatic heterocycles. The number of nitrogens with zero attached hydrogens (tertiary/aromatic N) is 2. The topological polar surface area (TPSA) is 90.9 Å². The van der Waals surface area contributed by atoms with Crippen molar-refractivity contribution in [2.45, 2.75) is 31.7 Å². The summed E-state index contributed by atoms with van der Waals surface area (Å²) in [6.07, 6.45) is 0. The molecule has 1 atom stereocenters. The normalized spacial score (nSPS) is 16.7. The number of hydrogen-bond acceptors (Lipinski definition) is 5. The fraction of sp³-hybridized carbons (Fsp3) is 0.333. The second kappa shape index (κ2) is 8.65. The number of sulfonamides is 1. The summed E-state index contributed by atoms with van der Waals surface area (Å²) >= 11 is 0. The Balaban J connectivity index is 1.62. The zero-order valence-electron chi connectivity index (χ0n) is 16.8. The molecule has 0 fully saturated rings. The summed E-state index contributed by atoms with van der Waals surface area (Å²) in [7, 11) is -3.61. The van der Waals surface area contributed by atoms with Crippen molar-refractivity contribution in [1.82, 2.24) is 10.0 Å². The van der Waals surface area contributed by atoms with Gasteiger partial charge in [-0.1, -0.05) is 30.3 Å². The van der Waals surface area contributed by atoms with Crippen LogP contribution in [0.4, 0.5) is 5.69 Å². The first kappa shape index (κ1) is 20.9. The van der Waals surface area contributed by atoms with Crippen LogP contribution in [-0.2, 0) is 14.8 Å². The van der Waals surface area contributed by atoms with E-state index in [0.717, 1.165) is 12.2 Å². The van der Waals surface area contributed by atoms with Crippen LogP contribution in [0.25, 0.3) is 0 Å². The molecule has 0 bridgehead atoms. The number of aliphatic imine (C=N–C) groups is 1. The number of benzene rings is 2. The van der Waals surface area contributed by atoms with E-state index >= 15 is 0 Å². The number of likely N-dealkylation sites (N-methyl/N-ethyl adjacent to an activating group) is 1. The lowest BCUT2D eigenvalue weighted by molar-refractivity contribution is -0.121. The predicted octanol–water partition coefficient (Wildman–Crippen LogP) is 2.06. The second-order valence-electron chi connectivity index (χ2n) is 6.91. The van der Waals surface area contributed by atoms with E-state index in [9.17, 15) is 13.2 Å². The Hall–Kier alpha value is -2.87. The number of anilines is 1. The van der Waals surface area contributed by atoms with Crippen molar-refractivity contribution in [2.24, 2.45) is 4.99 Å². The average molecular weight is 415 g/mol. The molecule has 2 N–H and O–H groups in total. The SMILES string of the molecule is CCN(CCNC(=O)[C@H](C)N=C1NS(=O)(=O)c2ccccc21)c1ccccc1C. The molecule has 0 radical (unpaired) electrons. The van der Waals surface area contributed by atoms with Crippen LogP contribution < -0.4 is 14.9 Å². The van der Waals surface area contributed by atoms with Crippen LogP contribution in [0.2, 0.25) is 0 Å². The summed E-state index contributed by atoms with van der Waals surface area (Å²) in [5.74, 6) is -0.0414. The van der Waals surface area contributed by atoms with E-state index in [1.54, 1.807) is 25.1 Å². The largest absolute Gasteiger partial charge is 0.370 e. The molecule has 2 aromatic rings. The van der Waals surface area contributed by atoms with Crippen molar-refractivity contribution in [3.8, 4) is 0 Å². The van der Waals surface area contributed by atoms with Gasteiger partial charge in [-0.15, -0.1) is 0 Å². The van der Waals surface area contributed by atoms with Gasteiger partial charge in [0, 0.05) is 30.9 Å². The van der Waals surface area contributed by atoms with Gasteiger partial charge in [0.1, 0.15) is 11.9 Å². The van der Waals surface area contributed by atoms with Gasteiger partial charge in [0.2, 0.25) is 5.91 Å². The van der Waals surface area contributed by atoms with E-state index < -0.39 is 16.1 Å². The maximum Gasteiger partial charge on any atom is 0.263 e. The van der Waals surface area contributed by atoms with E-state index in [2.05, 4.69) is 45.9 Å². The third kappa shape index (κ3) is 4.59. The van der Waals surface area contributed by atoms with Gasteiger partial charge in [-0.2, -0.15) is 0 Å². The van der Waals surface area contributed by atoms with Crippen molar-refractivity contribution in [3.05, 3.63) is 59.7 Å². The summed E-state index contributed by atoms with van der Waals surface area (Å²) < 4.78 is 26.7. The predicted molar refractivity (Wildman–Crippen MR) is 115 cm³/mol. The highest BCUT2D eigenvalue weighted by Gasteiger charge is 2.31. The number of hydrogen-bond donors (Lipinski definition) is 2. The molecule has 0 aliphatic carbocycles. The molecule has 0 saturated carbocycles. The first-order chi connectivity index (χ1) is 13.8. The van der Waals surface area contributed by atoms with Crippen molar-refractivity contribution < 1.29 is 13.2 Å². The van der Waals surface area contributed by atoms with E-state index in [4.69, 9.17) is 0 Å². The molecule has 154 valence electrons. The average Bonchev–Trinajstić information content (AvgIpc) is 2.96. The number of rotatable bonds is 7. The Kier molecular flexibility index (Phi) is 6.22. The van der Waals surface area contributed by atoms with Gasteiger partial charge in [-0.3, -0.25) is 14.5 Å². The highest BCUT2D eigenvalue weighted by Crippen LogP contribution is 2.22. The van der Waals surface area contributed by atoms with Crippen LogP contribution in [0.15, 0.2) is 58.4 Å². The highest BCUT2D eigenvalue weighted by molar-refractivity contribution is 7.90. The van der Waals surface area contributed by atoms with Crippen LogP contribution >= 0.6 is 0 Å². The van der Waals surface area contributed by atoms with Crippen LogP contribution in [0.5, 0.6) is 0 Å². The Morgan fingerprint density at radius 3 is 2.59 bits per heavy atom. The Morgan fingerprint density at radius 2 is 1.86 bits per heavy atom. The molecule has 0 spiro atoms. The standard InChI is InChI=1S/C21H26N4O3S/c1-4-25(18-11-7-5-9-15(18)2)14-13-22-21(26)16(3)23-20-17-10-6-8-12-19(17)29(27,28)24-20/h5-12,16H,4,13-14H2,1-3H3,(H,22,26)(H,23,24)/t16-/m0/s1. The lowest BCUT2D eigenvalue weighted by atomic mass is 10.2. The highest BCUT2D eigenvalue weighted by atomic mass is 32.2. The van der Waals surface area contributed by atoms with Crippen LogP contribution in [0, 0.1) is 6.92 Å². The molecule has 1 heterocycles. The molecular weight excluding hydrogens is 388 g/mol. The van der Waals surface area contributed by atoms with Crippen molar-refractivity contribution >= 4 is 27.5 Å². The first-order valence-electron chi connectivity index (χ1n) is 9.61. The lowest BCUT2D eigenvalue weighted by Gasteiger charge is -2.25. The molecule has 0 saturated heterocycles. The van der Waals surface area contributed by atoms with Gasteiger partial charge in [-0.25, -0.2) is 8.42 Å². The quantitative estimate of drug-likeness (QED) is 0.726. The summed E-state index contributed by atoms with van der Waals surface area (Å²) in [5, 5.41) is 2.89. The smallest absolute Gasteiger partial charge is 0.263 e. The van der Waals surface area contributed by atoms with Gasteiger partial charge in [0.15, 0.2) is 0 Å². The van der Waals surface area contributed by atoms with Gasteiger partial charge in [-0.05, 0) is 44.5 Å². The molecule has 3 rings (SSSR count). The van der Waals surface area contributed by atoms with E-state index in [1.165, 1.54) is 11.6 Å². The van der Waals surface area contributed by atoms with E-state index in [1.807, 2.05) is 12.1 Å². The number of amides is 1. The summed E-state index contributed by atoms with van der Waals surface area (Å²) in [6.45, 7) is 7.76. The zero-order chi connectivity index (χ0) is 21.0. The first-order valence-corrected chi connectivity index (χ1v) is 11.1. The maximum absolute atomic E-state index is 12.5. The van der Waals surface area contributed by atoms with Crippen LogP contribution in [0.3, 0.4) is 0 Å². The minimum atomic E-state index is -3.61. The fourth-order valence-electron chi connectivity index (χ4n) is 3.31. The summed E-state index contributed by atoms with van der Waals surface area (Å²) in [5.41, 5.74) is 2.82. The Labute approximate surface area is 171 Å². The number of amidine groups is 1. The number of carbonyl (C=O) groups excluding carboxylic acids is 1. The van der Waals surface area contributed by atoms with E-state index in [-0.39, 0.29) is 16.6 Å². The molecule has 1 aliphatic rings. The fourth-order valence-corrected chi connectivity index (χ4v) is 4.55. The molecule has 1 amide bonds. The van der Waals surface area contributed by atoms with Gasteiger partial charge < -0.3 is 10.2 Å². The monoisotopic (exact) mass is 414 g/mol. The lowest BCUT2D eigenvalue weighted by Crippen LogP contribution is -2.39.